The van der Waals surface area contributed by atoms with Crippen LogP contribution in [-0.4, -0.2) is 27.2 Å². The van der Waals surface area contributed by atoms with E-state index in [-0.39, 0.29) is 5.56 Å². The van der Waals surface area contributed by atoms with Crippen LogP contribution in [-0.2, 0) is 13.1 Å². The summed E-state index contributed by atoms with van der Waals surface area (Å²) in [5.41, 5.74) is 3.96. The largest absolute Gasteiger partial charge is 0.298 e. The van der Waals surface area contributed by atoms with Gasteiger partial charge in [0.2, 0.25) is 5.95 Å². The van der Waals surface area contributed by atoms with Crippen LogP contribution in [0.25, 0.3) is 0 Å². The Balaban J connectivity index is 2.13. The lowest BCUT2D eigenvalue weighted by Gasteiger charge is -2.40. The molecule has 0 aliphatic carbocycles. The predicted octanol–water partition coefficient (Wildman–Crippen LogP) is 3.20. The van der Waals surface area contributed by atoms with Crippen LogP contribution in [0.5, 0.6) is 0 Å². The number of benzene rings is 1. The maximum absolute atomic E-state index is 12.7. The maximum atomic E-state index is 12.7. The molecule has 2 heterocycles. The number of aromatic nitrogens is 2. The lowest BCUT2D eigenvalue weighted by atomic mass is 10.1. The zero-order valence-electron chi connectivity index (χ0n) is 15.2. The van der Waals surface area contributed by atoms with E-state index in [2.05, 4.69) is 54.8 Å². The summed E-state index contributed by atoms with van der Waals surface area (Å²) in [4.78, 5) is 21.9. The molecule has 0 amide bonds. The van der Waals surface area contributed by atoms with Gasteiger partial charge in [-0.05, 0) is 51.8 Å². The summed E-state index contributed by atoms with van der Waals surface area (Å²) >= 11 is 0. The number of nitrogens with zero attached hydrogens (tertiary/aromatic N) is 4. The molecule has 128 valence electrons. The molecule has 0 saturated carbocycles. The predicted molar refractivity (Wildman–Crippen MR) is 97.8 cm³/mol. The van der Waals surface area contributed by atoms with Crippen LogP contribution in [0, 0.1) is 13.8 Å². The quantitative estimate of drug-likeness (QED) is 0.868. The van der Waals surface area contributed by atoms with Crippen LogP contribution in [0.1, 0.15) is 37.6 Å². The molecule has 2 aromatic rings. The third-order valence-corrected chi connectivity index (χ3v) is 4.89. The van der Waals surface area contributed by atoms with Gasteiger partial charge < -0.3 is 0 Å². The van der Waals surface area contributed by atoms with E-state index in [4.69, 9.17) is 4.98 Å². The summed E-state index contributed by atoms with van der Waals surface area (Å²) in [6.07, 6.45) is 1.02. The topological polar surface area (TPSA) is 41.4 Å². The van der Waals surface area contributed by atoms with Gasteiger partial charge in [-0.3, -0.25) is 19.2 Å². The smallest absolute Gasteiger partial charge is 0.259 e. The van der Waals surface area contributed by atoms with Crippen molar-refractivity contribution in [2.24, 2.45) is 0 Å². The van der Waals surface area contributed by atoms with E-state index < -0.39 is 0 Å². The van der Waals surface area contributed by atoms with E-state index in [1.165, 1.54) is 5.56 Å². The normalized spacial score (nSPS) is 15.0. The van der Waals surface area contributed by atoms with Gasteiger partial charge in [0.25, 0.3) is 5.56 Å². The molecule has 0 unspecified atom stereocenters. The Hall–Kier alpha value is -2.14. The van der Waals surface area contributed by atoms with Crippen molar-refractivity contribution < 1.29 is 0 Å². The minimum Gasteiger partial charge on any atom is -0.298 e. The number of hydrogen-bond donors (Lipinski definition) is 0. The monoisotopic (exact) mass is 326 g/mol. The van der Waals surface area contributed by atoms with Crippen molar-refractivity contribution in [1.82, 2.24) is 14.5 Å². The van der Waals surface area contributed by atoms with Crippen molar-refractivity contribution >= 4 is 11.6 Å². The van der Waals surface area contributed by atoms with E-state index in [1.54, 1.807) is 4.57 Å². The van der Waals surface area contributed by atoms with Gasteiger partial charge in [0, 0.05) is 23.0 Å². The Labute approximate surface area is 143 Å². The zero-order chi connectivity index (χ0) is 17.4. The molecule has 5 nitrogen and oxygen atoms in total. The molecule has 5 heteroatoms. The molecular weight excluding hydrogens is 300 g/mol. The summed E-state index contributed by atoms with van der Waals surface area (Å²) < 4.78 is 1.79. The molecule has 1 aromatic carbocycles. The molecule has 0 radical (unpaired) electrons. The van der Waals surface area contributed by atoms with E-state index >= 15 is 0 Å². The van der Waals surface area contributed by atoms with Crippen molar-refractivity contribution in [2.45, 2.75) is 53.8 Å². The Morgan fingerprint density at radius 3 is 2.38 bits per heavy atom. The minimum absolute atomic E-state index is 0.0537. The van der Waals surface area contributed by atoms with Crippen molar-refractivity contribution in [3.8, 4) is 0 Å². The van der Waals surface area contributed by atoms with Gasteiger partial charge in [-0.15, -0.1) is 0 Å². The molecule has 3 rings (SSSR count). The van der Waals surface area contributed by atoms with Gasteiger partial charge in [-0.1, -0.05) is 19.1 Å². The van der Waals surface area contributed by atoms with Crippen molar-refractivity contribution in [3.05, 3.63) is 51.4 Å². The first-order chi connectivity index (χ1) is 11.4. The van der Waals surface area contributed by atoms with Gasteiger partial charge in [-0.2, -0.15) is 0 Å². The summed E-state index contributed by atoms with van der Waals surface area (Å²) in [6, 6.07) is 8.88. The summed E-state index contributed by atoms with van der Waals surface area (Å²) in [7, 11) is 0. The highest BCUT2D eigenvalue weighted by Gasteiger charge is 2.28. The number of anilines is 2. The molecule has 1 aliphatic rings. The maximum Gasteiger partial charge on any atom is 0.259 e. The second-order valence-corrected chi connectivity index (χ2v) is 6.77. The molecule has 0 fully saturated rings. The van der Waals surface area contributed by atoms with Crippen LogP contribution < -0.4 is 10.5 Å². The zero-order valence-corrected chi connectivity index (χ0v) is 15.2. The van der Waals surface area contributed by atoms with Crippen molar-refractivity contribution in [2.75, 3.05) is 11.6 Å². The number of aryl methyl sites for hydroxylation is 2. The SMILES string of the molecule is CCc1ccc(N2CN(C(C)C)Cn3c2nc(C)c(C)c3=O)cc1. The first-order valence-corrected chi connectivity index (χ1v) is 8.61. The summed E-state index contributed by atoms with van der Waals surface area (Å²) in [6.45, 7) is 11.5. The van der Waals surface area contributed by atoms with Crippen LogP contribution in [0.15, 0.2) is 29.1 Å². The van der Waals surface area contributed by atoms with E-state index in [9.17, 15) is 4.79 Å². The number of fused-ring (bicyclic) bond motifs is 1. The molecule has 0 saturated heterocycles. The first-order valence-electron chi connectivity index (χ1n) is 8.61. The lowest BCUT2D eigenvalue weighted by Crippen LogP contribution is -2.50. The van der Waals surface area contributed by atoms with Crippen LogP contribution >= 0.6 is 0 Å². The lowest BCUT2D eigenvalue weighted by molar-refractivity contribution is 0.156. The second-order valence-electron chi connectivity index (χ2n) is 6.77. The minimum atomic E-state index is 0.0537. The van der Waals surface area contributed by atoms with Gasteiger partial charge in [-0.25, -0.2) is 4.98 Å². The highest BCUT2D eigenvalue weighted by Crippen LogP contribution is 2.28. The van der Waals surface area contributed by atoms with Crippen molar-refractivity contribution in [3.63, 3.8) is 0 Å². The van der Waals surface area contributed by atoms with Gasteiger partial charge in [0.05, 0.1) is 13.3 Å². The third-order valence-electron chi connectivity index (χ3n) is 4.89. The van der Waals surface area contributed by atoms with E-state index in [0.29, 0.717) is 12.7 Å². The van der Waals surface area contributed by atoms with Gasteiger partial charge >= 0.3 is 0 Å². The third kappa shape index (κ3) is 2.84. The van der Waals surface area contributed by atoms with Gasteiger partial charge in [0.1, 0.15) is 0 Å². The summed E-state index contributed by atoms with van der Waals surface area (Å²) in [5, 5.41) is 0. The van der Waals surface area contributed by atoms with Gasteiger partial charge in [0.15, 0.2) is 0 Å². The standard InChI is InChI=1S/C19H26N4O/c1-6-16-7-9-17(10-8-16)22-11-21(13(2)3)12-23-18(24)14(4)15(5)20-19(22)23/h7-10,13H,6,11-12H2,1-5H3. The molecule has 1 aromatic heterocycles. The molecule has 1 aliphatic heterocycles. The van der Waals surface area contributed by atoms with Crippen molar-refractivity contribution in [1.29, 1.82) is 0 Å². The van der Waals surface area contributed by atoms with E-state index in [1.807, 2.05) is 13.8 Å². The average molecular weight is 326 g/mol. The highest BCUT2D eigenvalue weighted by molar-refractivity contribution is 5.58. The Bertz CT molecular complexity index is 792. The second kappa shape index (κ2) is 6.40. The Morgan fingerprint density at radius 2 is 1.79 bits per heavy atom. The molecule has 0 bridgehead atoms. The molecule has 0 atom stereocenters. The molecule has 0 N–H and O–H groups in total. The average Bonchev–Trinajstić information content (AvgIpc) is 2.59. The molecule has 24 heavy (non-hydrogen) atoms. The molecule has 0 spiro atoms. The first kappa shape index (κ1) is 16.7. The Kier molecular flexibility index (Phi) is 4.45. The fraction of sp³-hybridized carbons (Fsp3) is 0.474. The van der Waals surface area contributed by atoms with E-state index in [0.717, 1.165) is 36.0 Å². The van der Waals surface area contributed by atoms with Crippen LogP contribution in [0.2, 0.25) is 0 Å². The Morgan fingerprint density at radius 1 is 1.12 bits per heavy atom. The fourth-order valence-electron chi connectivity index (χ4n) is 2.98. The summed E-state index contributed by atoms with van der Waals surface area (Å²) in [5.74, 6) is 0.740. The number of rotatable bonds is 3. The number of hydrogen-bond acceptors (Lipinski definition) is 4. The molecular formula is C19H26N4O. The fourth-order valence-corrected chi connectivity index (χ4v) is 2.98. The highest BCUT2D eigenvalue weighted by atomic mass is 16.1. The van der Waals surface area contributed by atoms with Crippen LogP contribution in [0.4, 0.5) is 11.6 Å². The van der Waals surface area contributed by atoms with Crippen LogP contribution in [0.3, 0.4) is 0 Å².